The molecule has 9 nitrogen and oxygen atoms in total. The Bertz CT molecular complexity index is 944. The summed E-state index contributed by atoms with van der Waals surface area (Å²) < 4.78 is 5.87. The van der Waals surface area contributed by atoms with Gasteiger partial charge in [0, 0.05) is 23.7 Å². The van der Waals surface area contributed by atoms with E-state index in [2.05, 4.69) is 32.7 Å². The van der Waals surface area contributed by atoms with Crippen LogP contribution in [0.1, 0.15) is 29.8 Å². The molecule has 1 saturated heterocycles. The molecule has 1 aliphatic heterocycles. The zero-order valence-electron chi connectivity index (χ0n) is 17.4. The summed E-state index contributed by atoms with van der Waals surface area (Å²) in [6.45, 7) is 1.30. The van der Waals surface area contributed by atoms with E-state index < -0.39 is 5.97 Å². The number of allylic oxidation sites excluding steroid dienone is 4. The second-order valence-electron chi connectivity index (χ2n) is 7.54. The van der Waals surface area contributed by atoms with Crippen LogP contribution in [0.5, 0.6) is 5.75 Å². The Kier molecular flexibility index (Phi) is 7.56. The minimum Gasteiger partial charge on any atom is -0.484 e. The van der Waals surface area contributed by atoms with Crippen LogP contribution in [0.25, 0.3) is 0 Å². The number of halogens is 1. The zero-order valence-corrected chi connectivity index (χ0v) is 18.1. The summed E-state index contributed by atoms with van der Waals surface area (Å²) in [5, 5.41) is 16.6. The van der Waals surface area contributed by atoms with Gasteiger partial charge in [-0.2, -0.15) is 0 Å². The molecule has 32 heavy (non-hydrogen) atoms. The first-order chi connectivity index (χ1) is 15.6. The number of ether oxygens (including phenoxy) is 1. The number of carboxylic acid groups (broad SMARTS) is 1. The standard InChI is InChI=1S/C22H25ClN4O5/c23-16-3-1-15(2-4-16)12-27-14-31-30-13-25-22(27)26-17-5-7-18(8-6-17)32-19-9-10-20(21(28)29)24-11-19/h1,3,5-7,9-11,18,22,25-26H,2,4,8,12-14H2,(H,28,29). The van der Waals surface area contributed by atoms with E-state index in [1.807, 2.05) is 18.2 Å². The molecule has 1 fully saturated rings. The Hall–Kier alpha value is -2.69. The molecule has 0 spiro atoms. The van der Waals surface area contributed by atoms with E-state index in [0.717, 1.165) is 30.1 Å². The molecule has 2 atom stereocenters. The highest BCUT2D eigenvalue weighted by Crippen LogP contribution is 2.23. The third-order valence-electron chi connectivity index (χ3n) is 5.20. The van der Waals surface area contributed by atoms with Crippen LogP contribution in [0.3, 0.4) is 0 Å². The lowest BCUT2D eigenvalue weighted by Gasteiger charge is -2.32. The fourth-order valence-corrected chi connectivity index (χ4v) is 3.65. The quantitative estimate of drug-likeness (QED) is 0.529. The summed E-state index contributed by atoms with van der Waals surface area (Å²) in [5.41, 5.74) is 2.21. The van der Waals surface area contributed by atoms with Gasteiger partial charge in [0.2, 0.25) is 0 Å². The number of hydrogen-bond donors (Lipinski definition) is 3. The first-order valence-electron chi connectivity index (χ1n) is 10.3. The summed E-state index contributed by atoms with van der Waals surface area (Å²) in [7, 11) is 0. The molecule has 1 aromatic rings. The van der Waals surface area contributed by atoms with Crippen LogP contribution >= 0.6 is 11.6 Å². The van der Waals surface area contributed by atoms with Gasteiger partial charge < -0.3 is 15.2 Å². The van der Waals surface area contributed by atoms with Crippen LogP contribution in [0.2, 0.25) is 0 Å². The Morgan fingerprint density at radius 3 is 2.94 bits per heavy atom. The summed E-state index contributed by atoms with van der Waals surface area (Å²) >= 11 is 6.07. The Labute approximate surface area is 190 Å². The highest BCUT2D eigenvalue weighted by Gasteiger charge is 2.24. The van der Waals surface area contributed by atoms with Crippen molar-refractivity contribution in [2.24, 2.45) is 0 Å². The predicted molar refractivity (Wildman–Crippen MR) is 117 cm³/mol. The maximum atomic E-state index is 10.9. The number of hydrogen-bond acceptors (Lipinski definition) is 8. The smallest absolute Gasteiger partial charge is 0.354 e. The van der Waals surface area contributed by atoms with Crippen LogP contribution in [0.4, 0.5) is 0 Å². The summed E-state index contributed by atoms with van der Waals surface area (Å²) in [6, 6.07) is 3.03. The lowest BCUT2D eigenvalue weighted by Crippen LogP contribution is -2.54. The molecule has 0 radical (unpaired) electrons. The first kappa shape index (κ1) is 22.5. The van der Waals surface area contributed by atoms with Crippen molar-refractivity contribution >= 4 is 17.6 Å². The van der Waals surface area contributed by atoms with Gasteiger partial charge in [0.05, 0.1) is 6.20 Å². The van der Waals surface area contributed by atoms with Crippen LogP contribution in [0, 0.1) is 0 Å². The molecule has 170 valence electrons. The summed E-state index contributed by atoms with van der Waals surface area (Å²) in [5.74, 6) is -0.542. The normalized spacial score (nSPS) is 24.1. The molecule has 10 heteroatoms. The molecule has 4 rings (SSSR count). The number of pyridine rings is 1. The second kappa shape index (κ2) is 10.8. The molecule has 0 aromatic carbocycles. The maximum Gasteiger partial charge on any atom is 0.354 e. The molecule has 3 N–H and O–H groups in total. The molecule has 2 heterocycles. The van der Waals surface area contributed by atoms with Crippen molar-refractivity contribution in [1.82, 2.24) is 20.5 Å². The van der Waals surface area contributed by atoms with E-state index in [1.54, 1.807) is 6.07 Å². The minimum atomic E-state index is -1.07. The molecular weight excluding hydrogens is 436 g/mol. The van der Waals surface area contributed by atoms with Crippen molar-refractivity contribution in [3.8, 4) is 5.75 Å². The van der Waals surface area contributed by atoms with Crippen LogP contribution < -0.4 is 15.4 Å². The fourth-order valence-electron chi connectivity index (χ4n) is 3.49. The number of carbonyl (C=O) groups is 1. The van der Waals surface area contributed by atoms with Crippen molar-refractivity contribution in [3.05, 3.63) is 70.7 Å². The van der Waals surface area contributed by atoms with Gasteiger partial charge in [-0.3, -0.25) is 5.32 Å². The van der Waals surface area contributed by atoms with Crippen LogP contribution in [-0.2, 0) is 9.78 Å². The first-order valence-corrected chi connectivity index (χ1v) is 10.7. The molecule has 1 aromatic heterocycles. The van der Waals surface area contributed by atoms with Crippen molar-refractivity contribution in [2.75, 3.05) is 20.0 Å². The van der Waals surface area contributed by atoms with Crippen molar-refractivity contribution in [1.29, 1.82) is 0 Å². The van der Waals surface area contributed by atoms with E-state index >= 15 is 0 Å². The maximum absolute atomic E-state index is 10.9. The van der Waals surface area contributed by atoms with Gasteiger partial charge in [-0.1, -0.05) is 29.3 Å². The topological polar surface area (TPSA) is 105 Å². The predicted octanol–water partition coefficient (Wildman–Crippen LogP) is 2.86. The van der Waals surface area contributed by atoms with Gasteiger partial charge >= 0.3 is 5.97 Å². The van der Waals surface area contributed by atoms with E-state index in [0.29, 0.717) is 18.9 Å². The van der Waals surface area contributed by atoms with Gasteiger partial charge in [-0.05, 0) is 43.2 Å². The zero-order chi connectivity index (χ0) is 22.3. The average molecular weight is 461 g/mol. The lowest BCUT2D eigenvalue weighted by atomic mass is 10.0. The third-order valence-corrected chi connectivity index (χ3v) is 5.52. The van der Waals surface area contributed by atoms with Gasteiger partial charge in [0.1, 0.15) is 37.3 Å². The number of aromatic nitrogens is 1. The number of aromatic carboxylic acids is 1. The SMILES string of the molecule is O=C(O)c1ccc(OC2C=CC(NC3NCOOCN3CC3=CC=C(Cl)CC3)=CC2)cn1. The fraction of sp³-hybridized carbons (Fsp3) is 0.364. The van der Waals surface area contributed by atoms with Crippen LogP contribution in [0.15, 0.2) is 65.0 Å². The largest absolute Gasteiger partial charge is 0.484 e. The minimum absolute atomic E-state index is 0.0144. The molecular formula is C22H25ClN4O5. The molecule has 2 aliphatic carbocycles. The van der Waals surface area contributed by atoms with Crippen molar-refractivity contribution in [2.45, 2.75) is 31.7 Å². The van der Waals surface area contributed by atoms with Crippen LogP contribution in [-0.4, -0.2) is 53.4 Å². The Balaban J connectivity index is 1.33. The van der Waals surface area contributed by atoms with Gasteiger partial charge in [-0.15, -0.1) is 0 Å². The monoisotopic (exact) mass is 460 g/mol. The third kappa shape index (κ3) is 6.18. The Morgan fingerprint density at radius 1 is 1.34 bits per heavy atom. The highest BCUT2D eigenvalue weighted by atomic mass is 35.5. The number of carboxylic acids is 1. The molecule has 2 unspecified atom stereocenters. The van der Waals surface area contributed by atoms with Gasteiger partial charge in [0.25, 0.3) is 0 Å². The molecule has 3 aliphatic rings. The summed E-state index contributed by atoms with van der Waals surface area (Å²) in [4.78, 5) is 27.3. The van der Waals surface area contributed by atoms with Gasteiger partial charge in [0.15, 0.2) is 0 Å². The molecule has 0 amide bonds. The van der Waals surface area contributed by atoms with Gasteiger partial charge in [-0.25, -0.2) is 24.5 Å². The second-order valence-corrected chi connectivity index (χ2v) is 8.03. The molecule has 0 saturated carbocycles. The Morgan fingerprint density at radius 2 is 2.25 bits per heavy atom. The van der Waals surface area contributed by atoms with E-state index in [4.69, 9.17) is 31.2 Å². The average Bonchev–Trinajstić information content (AvgIpc) is 3.02. The summed E-state index contributed by atoms with van der Waals surface area (Å²) in [6.07, 6.45) is 13.5. The van der Waals surface area contributed by atoms with E-state index in [9.17, 15) is 4.79 Å². The molecule has 0 bridgehead atoms. The van der Waals surface area contributed by atoms with E-state index in [1.165, 1.54) is 17.8 Å². The highest BCUT2D eigenvalue weighted by molar-refractivity contribution is 6.29. The number of nitrogens with zero attached hydrogens (tertiary/aromatic N) is 2. The lowest BCUT2D eigenvalue weighted by molar-refractivity contribution is -0.305. The van der Waals surface area contributed by atoms with Crippen molar-refractivity contribution in [3.63, 3.8) is 0 Å². The van der Waals surface area contributed by atoms with E-state index in [-0.39, 0.29) is 24.8 Å². The number of nitrogens with one attached hydrogen (secondary N) is 2. The van der Waals surface area contributed by atoms with Crippen molar-refractivity contribution < 1.29 is 24.4 Å². The number of rotatable bonds is 7.